The predicted octanol–water partition coefficient (Wildman–Crippen LogP) is 1.15. The van der Waals surface area contributed by atoms with Crippen molar-refractivity contribution in [2.75, 3.05) is 32.7 Å². The Hall–Kier alpha value is -1.29. The number of ether oxygens (including phenoxy) is 2. The molecule has 13 heavy (non-hydrogen) atoms. The molecule has 1 N–H and O–H groups in total. The van der Waals surface area contributed by atoms with Gasteiger partial charge in [0.2, 0.25) is 0 Å². The van der Waals surface area contributed by atoms with E-state index in [2.05, 4.69) is 10.3 Å². The summed E-state index contributed by atoms with van der Waals surface area (Å²) < 4.78 is 10.2. The zero-order valence-electron chi connectivity index (χ0n) is 7.91. The first-order valence-corrected chi connectivity index (χ1v) is 4.12. The Kier molecular flexibility index (Phi) is 4.05. The highest BCUT2D eigenvalue weighted by Crippen LogP contribution is 2.13. The third kappa shape index (κ3) is 3.29. The number of pyridine rings is 1. The van der Waals surface area contributed by atoms with Crippen LogP contribution in [0.15, 0.2) is 18.3 Å². The van der Waals surface area contributed by atoms with Gasteiger partial charge in [0.15, 0.2) is 0 Å². The second-order valence-corrected chi connectivity index (χ2v) is 2.47. The van der Waals surface area contributed by atoms with Crippen LogP contribution in [0.4, 0.5) is 5.82 Å². The normalized spacial score (nSPS) is 9.69. The van der Waals surface area contributed by atoms with Crippen molar-refractivity contribution < 1.29 is 9.47 Å². The Morgan fingerprint density at radius 1 is 1.46 bits per heavy atom. The maximum absolute atomic E-state index is 5.38. The molecule has 0 spiro atoms. The van der Waals surface area contributed by atoms with Crippen molar-refractivity contribution in [3.8, 4) is 5.75 Å². The molecule has 0 aliphatic heterocycles. The maximum Gasteiger partial charge on any atom is 0.129 e. The van der Waals surface area contributed by atoms with Gasteiger partial charge in [0, 0.05) is 26.4 Å². The van der Waals surface area contributed by atoms with Crippen LogP contribution in [-0.4, -0.2) is 32.4 Å². The van der Waals surface area contributed by atoms with Gasteiger partial charge in [-0.25, -0.2) is 4.98 Å². The number of anilines is 1. The molecule has 0 unspecified atom stereocenters. The van der Waals surface area contributed by atoms with E-state index in [1.54, 1.807) is 13.3 Å². The van der Waals surface area contributed by atoms with E-state index in [1.165, 1.54) is 0 Å². The molecule has 0 saturated carbocycles. The summed E-state index contributed by atoms with van der Waals surface area (Å²) in [6.45, 7) is 1.15. The number of aromatic nitrogens is 1. The van der Waals surface area contributed by atoms with Gasteiger partial charge < -0.3 is 14.8 Å². The molecule has 0 aliphatic carbocycles. The molecule has 4 heteroatoms. The lowest BCUT2D eigenvalue weighted by Gasteiger charge is -2.06. The van der Waals surface area contributed by atoms with Crippen molar-refractivity contribution in [1.82, 2.24) is 4.98 Å². The molecule has 0 bridgehead atoms. The smallest absolute Gasteiger partial charge is 0.129 e. The molecule has 0 fully saturated rings. The summed E-state index contributed by atoms with van der Waals surface area (Å²) >= 11 is 0. The molecule has 4 nitrogen and oxygen atoms in total. The Morgan fingerprint density at radius 2 is 2.31 bits per heavy atom. The van der Waals surface area contributed by atoms with Gasteiger partial charge in [-0.05, 0) is 6.07 Å². The molecule has 0 saturated heterocycles. The lowest BCUT2D eigenvalue weighted by molar-refractivity contribution is 0.146. The van der Waals surface area contributed by atoms with Crippen LogP contribution < -0.4 is 10.1 Å². The molecular weight excluding hydrogens is 168 g/mol. The van der Waals surface area contributed by atoms with Crippen LogP contribution >= 0.6 is 0 Å². The van der Waals surface area contributed by atoms with Crippen molar-refractivity contribution in [3.63, 3.8) is 0 Å². The van der Waals surface area contributed by atoms with Crippen molar-refractivity contribution in [3.05, 3.63) is 18.3 Å². The molecule has 0 atom stereocenters. The fourth-order valence-corrected chi connectivity index (χ4v) is 0.881. The number of rotatable bonds is 5. The summed E-state index contributed by atoms with van der Waals surface area (Å²) in [4.78, 5) is 4.06. The number of nitrogens with zero attached hydrogens (tertiary/aromatic N) is 1. The van der Waals surface area contributed by atoms with Crippen LogP contribution in [0.1, 0.15) is 0 Å². The Balaban J connectivity index is 2.46. The van der Waals surface area contributed by atoms with Gasteiger partial charge in [-0.3, -0.25) is 0 Å². The quantitative estimate of drug-likeness (QED) is 0.694. The number of hydrogen-bond acceptors (Lipinski definition) is 4. The fraction of sp³-hybridized carbons (Fsp3) is 0.444. The number of nitrogens with one attached hydrogen (secondary N) is 1. The second-order valence-electron chi connectivity index (χ2n) is 2.47. The molecule has 0 radical (unpaired) electrons. The van der Waals surface area contributed by atoms with Gasteiger partial charge in [0.05, 0.1) is 6.61 Å². The Morgan fingerprint density at radius 3 is 3.00 bits per heavy atom. The van der Waals surface area contributed by atoms with Crippen LogP contribution in [0.5, 0.6) is 5.75 Å². The molecular formula is C9H14N2O2. The zero-order chi connectivity index (χ0) is 9.52. The minimum Gasteiger partial charge on any atom is -0.491 e. The van der Waals surface area contributed by atoms with E-state index in [4.69, 9.17) is 9.47 Å². The average molecular weight is 182 g/mol. The first-order chi connectivity index (χ1) is 6.36. The highest BCUT2D eigenvalue weighted by Gasteiger charge is 1.95. The van der Waals surface area contributed by atoms with Crippen LogP contribution in [0.25, 0.3) is 0 Å². The third-order valence-corrected chi connectivity index (χ3v) is 1.54. The summed E-state index contributed by atoms with van der Waals surface area (Å²) in [5, 5.41) is 2.94. The third-order valence-electron chi connectivity index (χ3n) is 1.54. The van der Waals surface area contributed by atoms with E-state index in [-0.39, 0.29) is 0 Å². The Labute approximate surface area is 77.9 Å². The fourth-order valence-electron chi connectivity index (χ4n) is 0.881. The van der Waals surface area contributed by atoms with E-state index in [9.17, 15) is 0 Å². The molecule has 0 amide bonds. The lowest BCUT2D eigenvalue weighted by Crippen LogP contribution is -2.04. The summed E-state index contributed by atoms with van der Waals surface area (Å²) in [7, 11) is 3.47. The largest absolute Gasteiger partial charge is 0.491 e. The SMILES string of the molecule is CNc1cc(OCCOC)ccn1. The minimum atomic E-state index is 0.559. The van der Waals surface area contributed by atoms with Crippen molar-refractivity contribution in [2.45, 2.75) is 0 Å². The topological polar surface area (TPSA) is 43.4 Å². The van der Waals surface area contributed by atoms with Gasteiger partial charge >= 0.3 is 0 Å². The molecule has 1 aromatic heterocycles. The van der Waals surface area contributed by atoms with Crippen molar-refractivity contribution in [2.24, 2.45) is 0 Å². The van der Waals surface area contributed by atoms with Gasteiger partial charge in [0.25, 0.3) is 0 Å². The lowest BCUT2D eigenvalue weighted by atomic mass is 10.4. The highest BCUT2D eigenvalue weighted by molar-refractivity contribution is 5.39. The van der Waals surface area contributed by atoms with Gasteiger partial charge in [-0.2, -0.15) is 0 Å². The average Bonchev–Trinajstić information content (AvgIpc) is 2.19. The standard InChI is InChI=1S/C9H14N2O2/c1-10-9-7-8(3-4-11-9)13-6-5-12-2/h3-4,7H,5-6H2,1-2H3,(H,10,11). The summed E-state index contributed by atoms with van der Waals surface area (Å²) in [6, 6.07) is 3.66. The van der Waals surface area contributed by atoms with E-state index in [0.29, 0.717) is 13.2 Å². The molecule has 72 valence electrons. The van der Waals surface area contributed by atoms with Crippen LogP contribution in [-0.2, 0) is 4.74 Å². The van der Waals surface area contributed by atoms with Crippen LogP contribution in [0, 0.1) is 0 Å². The Bertz CT molecular complexity index is 253. The molecule has 1 rings (SSSR count). The van der Waals surface area contributed by atoms with Crippen molar-refractivity contribution >= 4 is 5.82 Å². The van der Waals surface area contributed by atoms with E-state index in [0.717, 1.165) is 11.6 Å². The van der Waals surface area contributed by atoms with E-state index in [1.807, 2.05) is 19.2 Å². The minimum absolute atomic E-state index is 0.559. The molecule has 1 heterocycles. The predicted molar refractivity (Wildman–Crippen MR) is 51.2 cm³/mol. The van der Waals surface area contributed by atoms with E-state index < -0.39 is 0 Å². The van der Waals surface area contributed by atoms with Crippen LogP contribution in [0.3, 0.4) is 0 Å². The molecule has 0 aliphatic rings. The first kappa shape index (κ1) is 9.80. The number of methoxy groups -OCH3 is 1. The van der Waals surface area contributed by atoms with Crippen molar-refractivity contribution in [1.29, 1.82) is 0 Å². The molecule has 0 aromatic carbocycles. The first-order valence-electron chi connectivity index (χ1n) is 4.12. The van der Waals surface area contributed by atoms with Crippen LogP contribution in [0.2, 0.25) is 0 Å². The van der Waals surface area contributed by atoms with Gasteiger partial charge in [0.1, 0.15) is 18.2 Å². The molecule has 1 aromatic rings. The second kappa shape index (κ2) is 5.37. The van der Waals surface area contributed by atoms with E-state index >= 15 is 0 Å². The number of hydrogen-bond donors (Lipinski definition) is 1. The summed E-state index contributed by atoms with van der Waals surface area (Å²) in [5.74, 6) is 1.60. The highest BCUT2D eigenvalue weighted by atomic mass is 16.5. The summed E-state index contributed by atoms with van der Waals surface area (Å²) in [5.41, 5.74) is 0. The summed E-state index contributed by atoms with van der Waals surface area (Å²) in [6.07, 6.45) is 1.70. The maximum atomic E-state index is 5.38. The zero-order valence-corrected chi connectivity index (χ0v) is 7.91. The van der Waals surface area contributed by atoms with Gasteiger partial charge in [-0.15, -0.1) is 0 Å². The monoisotopic (exact) mass is 182 g/mol. The van der Waals surface area contributed by atoms with Gasteiger partial charge in [-0.1, -0.05) is 0 Å².